The van der Waals surface area contributed by atoms with Crippen molar-refractivity contribution in [2.75, 3.05) is 17.2 Å². The first-order chi connectivity index (χ1) is 9.56. The van der Waals surface area contributed by atoms with Crippen LogP contribution < -0.4 is 10.6 Å². The molecule has 6 heteroatoms. The molecule has 2 aromatic carbocycles. The second-order valence-electron chi connectivity index (χ2n) is 4.01. The van der Waals surface area contributed by atoms with E-state index in [9.17, 15) is 9.18 Å². The third-order valence-electron chi connectivity index (χ3n) is 2.52. The molecule has 0 aliphatic heterocycles. The quantitative estimate of drug-likeness (QED) is 0.797. The van der Waals surface area contributed by atoms with E-state index < -0.39 is 5.82 Å². The van der Waals surface area contributed by atoms with Crippen LogP contribution in [0.1, 0.15) is 0 Å². The van der Waals surface area contributed by atoms with Gasteiger partial charge < -0.3 is 10.6 Å². The summed E-state index contributed by atoms with van der Waals surface area (Å²) in [6.45, 7) is -0.0140. The maximum Gasteiger partial charge on any atom is 0.243 e. The van der Waals surface area contributed by atoms with Gasteiger partial charge in [-0.25, -0.2) is 4.39 Å². The van der Waals surface area contributed by atoms with E-state index in [1.54, 1.807) is 18.2 Å². The van der Waals surface area contributed by atoms with Crippen LogP contribution in [0.5, 0.6) is 0 Å². The number of halogens is 3. The van der Waals surface area contributed by atoms with Crippen LogP contribution in [0, 0.1) is 5.82 Å². The van der Waals surface area contributed by atoms with Gasteiger partial charge in [0.1, 0.15) is 5.82 Å². The van der Waals surface area contributed by atoms with Crippen molar-refractivity contribution in [2.24, 2.45) is 0 Å². The van der Waals surface area contributed by atoms with Crippen molar-refractivity contribution in [2.45, 2.75) is 0 Å². The summed E-state index contributed by atoms with van der Waals surface area (Å²) in [4.78, 5) is 11.8. The van der Waals surface area contributed by atoms with Crippen molar-refractivity contribution in [1.82, 2.24) is 0 Å². The first-order valence-corrected chi connectivity index (χ1v) is 7.38. The number of para-hydroxylation sites is 1. The second-order valence-corrected chi connectivity index (χ2v) is 5.78. The van der Waals surface area contributed by atoms with Crippen molar-refractivity contribution < 1.29 is 9.18 Å². The van der Waals surface area contributed by atoms with E-state index in [1.165, 1.54) is 6.07 Å². The van der Waals surface area contributed by atoms with E-state index >= 15 is 0 Å². The smallest absolute Gasteiger partial charge is 0.243 e. The fourth-order valence-corrected chi connectivity index (χ4v) is 2.28. The summed E-state index contributed by atoms with van der Waals surface area (Å²) in [5, 5.41) is 5.49. The van der Waals surface area contributed by atoms with Gasteiger partial charge in [0.25, 0.3) is 0 Å². The van der Waals surface area contributed by atoms with Gasteiger partial charge in [0.2, 0.25) is 5.91 Å². The lowest BCUT2D eigenvalue weighted by Crippen LogP contribution is -2.22. The van der Waals surface area contributed by atoms with Gasteiger partial charge in [-0.15, -0.1) is 0 Å². The number of carbonyl (C=O) groups is 1. The van der Waals surface area contributed by atoms with Crippen LogP contribution >= 0.6 is 31.9 Å². The Bertz CT molecular complexity index is 634. The van der Waals surface area contributed by atoms with Crippen LogP contribution in [0.4, 0.5) is 15.8 Å². The van der Waals surface area contributed by atoms with E-state index in [0.717, 1.165) is 4.47 Å². The molecule has 0 atom stereocenters. The normalized spacial score (nSPS) is 10.2. The summed E-state index contributed by atoms with van der Waals surface area (Å²) in [7, 11) is 0. The zero-order valence-corrected chi connectivity index (χ0v) is 13.5. The van der Waals surface area contributed by atoms with E-state index in [-0.39, 0.29) is 18.1 Å². The molecular formula is C14H11Br2FN2O. The van der Waals surface area contributed by atoms with Gasteiger partial charge >= 0.3 is 0 Å². The first-order valence-electron chi connectivity index (χ1n) is 5.79. The maximum atomic E-state index is 13.6. The van der Waals surface area contributed by atoms with E-state index in [4.69, 9.17) is 0 Å². The largest absolute Gasteiger partial charge is 0.374 e. The fourth-order valence-electron chi connectivity index (χ4n) is 1.57. The van der Waals surface area contributed by atoms with Gasteiger partial charge in [-0.2, -0.15) is 0 Å². The maximum absolute atomic E-state index is 13.6. The van der Waals surface area contributed by atoms with E-state index in [0.29, 0.717) is 10.2 Å². The van der Waals surface area contributed by atoms with Gasteiger partial charge in [-0.3, -0.25) is 4.79 Å². The van der Waals surface area contributed by atoms with Crippen molar-refractivity contribution in [3.8, 4) is 0 Å². The molecule has 0 bridgehead atoms. The summed E-state index contributed by atoms with van der Waals surface area (Å²) in [5.41, 5.74) is 0.964. The number of carbonyl (C=O) groups excluding carboxylic acids is 1. The van der Waals surface area contributed by atoms with Crippen molar-refractivity contribution in [3.05, 3.63) is 57.2 Å². The molecule has 20 heavy (non-hydrogen) atoms. The zero-order valence-electron chi connectivity index (χ0n) is 10.3. The lowest BCUT2D eigenvalue weighted by Gasteiger charge is -2.09. The molecule has 2 aromatic rings. The summed E-state index contributed by atoms with van der Waals surface area (Å²) >= 11 is 6.52. The highest BCUT2D eigenvalue weighted by Crippen LogP contribution is 2.21. The predicted octanol–water partition coefficient (Wildman–Crippen LogP) is 4.40. The monoisotopic (exact) mass is 400 g/mol. The van der Waals surface area contributed by atoms with Gasteiger partial charge in [-0.05, 0) is 46.3 Å². The Balaban J connectivity index is 1.94. The van der Waals surface area contributed by atoms with Gasteiger partial charge in [0, 0.05) is 8.95 Å². The minimum atomic E-state index is -0.409. The molecule has 1 amide bonds. The first kappa shape index (κ1) is 15.0. The molecule has 0 aliphatic rings. The van der Waals surface area contributed by atoms with Crippen LogP contribution in [0.3, 0.4) is 0 Å². The van der Waals surface area contributed by atoms with E-state index in [2.05, 4.69) is 42.5 Å². The Kier molecular flexibility index (Phi) is 5.14. The lowest BCUT2D eigenvalue weighted by atomic mass is 10.3. The van der Waals surface area contributed by atoms with Gasteiger partial charge in [0.15, 0.2) is 0 Å². The average Bonchev–Trinajstić information content (AvgIpc) is 2.40. The molecule has 0 heterocycles. The van der Waals surface area contributed by atoms with E-state index in [1.807, 2.05) is 18.2 Å². The third kappa shape index (κ3) is 4.05. The molecule has 0 fully saturated rings. The third-order valence-corrected chi connectivity index (χ3v) is 3.70. The zero-order chi connectivity index (χ0) is 14.5. The number of nitrogens with one attached hydrogen (secondary N) is 2. The highest BCUT2D eigenvalue weighted by molar-refractivity contribution is 9.10. The summed E-state index contributed by atoms with van der Waals surface area (Å²) in [6.07, 6.45) is 0. The molecule has 0 saturated carbocycles. The predicted molar refractivity (Wildman–Crippen MR) is 85.4 cm³/mol. The number of hydrogen-bond acceptors (Lipinski definition) is 2. The highest BCUT2D eigenvalue weighted by atomic mass is 79.9. The Morgan fingerprint density at radius 1 is 1.10 bits per heavy atom. The van der Waals surface area contributed by atoms with Gasteiger partial charge in [-0.1, -0.05) is 28.1 Å². The summed E-state index contributed by atoms with van der Waals surface area (Å²) < 4.78 is 15.0. The SMILES string of the molecule is O=C(CNc1ccc(Br)cc1F)Nc1ccccc1Br. The Morgan fingerprint density at radius 3 is 2.55 bits per heavy atom. The number of amides is 1. The molecule has 0 spiro atoms. The Hall–Kier alpha value is -1.40. The second kappa shape index (κ2) is 6.85. The molecule has 0 aliphatic carbocycles. The van der Waals surface area contributed by atoms with Crippen molar-refractivity contribution in [1.29, 1.82) is 0 Å². The number of hydrogen-bond donors (Lipinski definition) is 2. The van der Waals surface area contributed by atoms with Crippen LogP contribution in [0.2, 0.25) is 0 Å². The van der Waals surface area contributed by atoms with Crippen molar-refractivity contribution >= 4 is 49.1 Å². The molecule has 0 unspecified atom stereocenters. The van der Waals surface area contributed by atoms with Crippen molar-refractivity contribution in [3.63, 3.8) is 0 Å². The molecule has 3 nitrogen and oxygen atoms in total. The summed E-state index contributed by atoms with van der Waals surface area (Å²) in [5.74, 6) is -0.660. The molecule has 0 radical (unpaired) electrons. The van der Waals surface area contributed by atoms with Crippen LogP contribution in [0.15, 0.2) is 51.4 Å². The summed E-state index contributed by atoms with van der Waals surface area (Å²) in [6, 6.07) is 11.9. The fraction of sp³-hybridized carbons (Fsp3) is 0.0714. The molecule has 2 N–H and O–H groups in total. The molecule has 2 rings (SSSR count). The molecule has 104 valence electrons. The van der Waals surface area contributed by atoms with Crippen LogP contribution in [-0.2, 0) is 4.79 Å². The Morgan fingerprint density at radius 2 is 1.85 bits per heavy atom. The molecule has 0 saturated heterocycles. The number of rotatable bonds is 4. The van der Waals surface area contributed by atoms with Crippen LogP contribution in [-0.4, -0.2) is 12.5 Å². The van der Waals surface area contributed by atoms with Crippen LogP contribution in [0.25, 0.3) is 0 Å². The minimum absolute atomic E-state index is 0.0140. The molecule has 0 aromatic heterocycles. The number of anilines is 2. The minimum Gasteiger partial charge on any atom is -0.374 e. The highest BCUT2D eigenvalue weighted by Gasteiger charge is 2.07. The number of benzene rings is 2. The average molecular weight is 402 g/mol. The standard InChI is InChI=1S/C14H11Br2FN2O/c15-9-5-6-13(11(17)7-9)18-8-14(20)19-12-4-2-1-3-10(12)16/h1-7,18H,8H2,(H,19,20). The Labute approximate surface area is 132 Å². The topological polar surface area (TPSA) is 41.1 Å². The van der Waals surface area contributed by atoms with Gasteiger partial charge in [0.05, 0.1) is 17.9 Å². The lowest BCUT2D eigenvalue weighted by molar-refractivity contribution is -0.114. The molecular weight excluding hydrogens is 391 g/mol.